The fraction of sp³-hybridized carbons (Fsp3) is 0.263. The molecule has 0 aliphatic heterocycles. The lowest BCUT2D eigenvalue weighted by atomic mass is 10.1. The molecule has 0 saturated carbocycles. The summed E-state index contributed by atoms with van der Waals surface area (Å²) < 4.78 is 0. The number of carbonyl (C=O) groups excluding carboxylic acids is 2. The summed E-state index contributed by atoms with van der Waals surface area (Å²) in [5.74, 6) is -0.551. The van der Waals surface area contributed by atoms with Gasteiger partial charge in [-0.2, -0.15) is 0 Å². The van der Waals surface area contributed by atoms with E-state index in [-0.39, 0.29) is 34.9 Å². The van der Waals surface area contributed by atoms with E-state index >= 15 is 0 Å². The van der Waals surface area contributed by atoms with Crippen molar-refractivity contribution in [2.75, 3.05) is 30.8 Å². The largest absolute Gasteiger partial charge is 0.325 e. The lowest BCUT2D eigenvalue weighted by Crippen LogP contribution is -2.36. The van der Waals surface area contributed by atoms with Crippen LogP contribution in [0.4, 0.5) is 11.4 Å². The molecule has 2 rings (SSSR count). The molecular weight excluding hydrogens is 409 g/mol. The van der Waals surface area contributed by atoms with E-state index in [0.29, 0.717) is 10.7 Å². The molecule has 0 atom stereocenters. The molecule has 0 spiro atoms. The van der Waals surface area contributed by atoms with Crippen molar-refractivity contribution in [3.05, 3.63) is 56.5 Å². The van der Waals surface area contributed by atoms with Crippen LogP contribution >= 0.6 is 34.8 Å². The first-order chi connectivity index (χ1) is 12.7. The second-order valence-corrected chi connectivity index (χ2v) is 7.51. The minimum Gasteiger partial charge on any atom is -0.325 e. The molecule has 0 aliphatic carbocycles. The molecule has 0 radical (unpaired) electrons. The molecule has 2 N–H and O–H groups in total. The van der Waals surface area contributed by atoms with E-state index in [0.717, 1.165) is 16.8 Å². The Morgan fingerprint density at radius 2 is 1.52 bits per heavy atom. The van der Waals surface area contributed by atoms with Gasteiger partial charge in [-0.25, -0.2) is 0 Å². The number of rotatable bonds is 6. The molecule has 0 heterocycles. The molecule has 0 bridgehead atoms. The van der Waals surface area contributed by atoms with Gasteiger partial charge in [0.05, 0.1) is 28.8 Å². The maximum absolute atomic E-state index is 12.2. The van der Waals surface area contributed by atoms with E-state index in [2.05, 4.69) is 10.6 Å². The molecule has 2 aromatic rings. The number of aryl methyl sites for hydroxylation is 1. The Kier molecular flexibility index (Phi) is 7.50. The number of benzene rings is 2. The van der Waals surface area contributed by atoms with Crippen LogP contribution in [-0.4, -0.2) is 36.9 Å². The van der Waals surface area contributed by atoms with Crippen LogP contribution in [0.1, 0.15) is 11.1 Å². The number of nitrogens with zero attached hydrogens (tertiary/aromatic N) is 1. The van der Waals surface area contributed by atoms with E-state index < -0.39 is 0 Å². The minimum absolute atomic E-state index is 0.00446. The number of anilines is 2. The number of carbonyl (C=O) groups is 2. The number of amides is 2. The molecular formula is C19H20Cl3N3O2. The maximum atomic E-state index is 12.2. The third-order valence-corrected chi connectivity index (χ3v) is 4.79. The Morgan fingerprint density at radius 1 is 0.963 bits per heavy atom. The Balaban J connectivity index is 1.91. The molecule has 0 fully saturated rings. The van der Waals surface area contributed by atoms with Gasteiger partial charge in [-0.3, -0.25) is 14.5 Å². The highest BCUT2D eigenvalue weighted by Crippen LogP contribution is 2.33. The van der Waals surface area contributed by atoms with E-state index in [1.807, 2.05) is 32.0 Å². The van der Waals surface area contributed by atoms with Crippen molar-refractivity contribution in [1.29, 1.82) is 0 Å². The van der Waals surface area contributed by atoms with Crippen LogP contribution < -0.4 is 10.6 Å². The summed E-state index contributed by atoms with van der Waals surface area (Å²) >= 11 is 18.0. The zero-order chi connectivity index (χ0) is 20.1. The smallest absolute Gasteiger partial charge is 0.238 e. The molecule has 27 heavy (non-hydrogen) atoms. The average molecular weight is 429 g/mol. The summed E-state index contributed by atoms with van der Waals surface area (Å²) in [6.07, 6.45) is 0. The second kappa shape index (κ2) is 9.42. The third-order valence-electron chi connectivity index (χ3n) is 3.98. The van der Waals surface area contributed by atoms with Gasteiger partial charge in [-0.05, 0) is 50.2 Å². The Bertz CT molecular complexity index is 848. The highest BCUT2D eigenvalue weighted by atomic mass is 35.5. The molecule has 144 valence electrons. The standard InChI is InChI=1S/C19H20Cl3N3O2/c1-11-5-4-6-16(12(11)2)23-17(26)9-25(3)10-18(27)24-19-14(21)7-13(20)8-15(19)22/h4-8H,9-10H2,1-3H3,(H,23,26)(H,24,27). The molecule has 0 unspecified atom stereocenters. The van der Waals surface area contributed by atoms with Crippen molar-refractivity contribution < 1.29 is 9.59 Å². The average Bonchev–Trinajstić information content (AvgIpc) is 2.55. The van der Waals surface area contributed by atoms with Crippen molar-refractivity contribution >= 4 is 58.0 Å². The number of hydrogen-bond acceptors (Lipinski definition) is 3. The lowest BCUT2D eigenvalue weighted by Gasteiger charge is -2.17. The normalized spacial score (nSPS) is 10.8. The number of halogens is 3. The number of hydrogen-bond donors (Lipinski definition) is 2. The molecule has 8 heteroatoms. The zero-order valence-electron chi connectivity index (χ0n) is 15.2. The van der Waals surface area contributed by atoms with Crippen molar-refractivity contribution in [2.24, 2.45) is 0 Å². The molecule has 0 saturated heterocycles. The summed E-state index contributed by atoms with van der Waals surface area (Å²) in [6.45, 7) is 3.98. The van der Waals surface area contributed by atoms with Gasteiger partial charge < -0.3 is 10.6 Å². The number of nitrogens with one attached hydrogen (secondary N) is 2. The summed E-state index contributed by atoms with van der Waals surface area (Å²) in [5, 5.41) is 6.37. The quantitative estimate of drug-likeness (QED) is 0.696. The second-order valence-electron chi connectivity index (χ2n) is 6.26. The monoisotopic (exact) mass is 427 g/mol. The summed E-state index contributed by atoms with van der Waals surface area (Å²) in [5.41, 5.74) is 3.16. The predicted octanol–water partition coefficient (Wildman–Crippen LogP) is 4.77. The molecule has 0 aromatic heterocycles. The van der Waals surface area contributed by atoms with Gasteiger partial charge in [0.25, 0.3) is 0 Å². The molecule has 0 aliphatic rings. The SMILES string of the molecule is Cc1cccc(NC(=O)CN(C)CC(=O)Nc2c(Cl)cc(Cl)cc2Cl)c1C. The predicted molar refractivity (Wildman–Crippen MR) is 112 cm³/mol. The van der Waals surface area contributed by atoms with Crippen molar-refractivity contribution in [3.8, 4) is 0 Å². The Morgan fingerprint density at radius 3 is 2.11 bits per heavy atom. The minimum atomic E-state index is -0.344. The number of likely N-dealkylation sites (N-methyl/N-ethyl adjacent to an activating group) is 1. The van der Waals surface area contributed by atoms with Gasteiger partial charge in [0.15, 0.2) is 0 Å². The topological polar surface area (TPSA) is 61.4 Å². The van der Waals surface area contributed by atoms with Gasteiger partial charge in [-0.15, -0.1) is 0 Å². The van der Waals surface area contributed by atoms with Gasteiger partial charge in [0.1, 0.15) is 0 Å². The van der Waals surface area contributed by atoms with E-state index in [1.54, 1.807) is 11.9 Å². The first kappa shape index (κ1) is 21.5. The van der Waals surface area contributed by atoms with Crippen LogP contribution in [0.5, 0.6) is 0 Å². The molecule has 2 aromatic carbocycles. The van der Waals surface area contributed by atoms with Gasteiger partial charge in [0, 0.05) is 10.7 Å². The van der Waals surface area contributed by atoms with Crippen LogP contribution in [-0.2, 0) is 9.59 Å². The van der Waals surface area contributed by atoms with Crippen LogP contribution in [0.25, 0.3) is 0 Å². The summed E-state index contributed by atoms with van der Waals surface area (Å²) in [4.78, 5) is 26.0. The lowest BCUT2D eigenvalue weighted by molar-refractivity contribution is -0.119. The Hall–Kier alpha value is -1.79. The van der Waals surface area contributed by atoms with Gasteiger partial charge >= 0.3 is 0 Å². The fourth-order valence-corrected chi connectivity index (χ4v) is 3.37. The van der Waals surface area contributed by atoms with Crippen molar-refractivity contribution in [3.63, 3.8) is 0 Å². The first-order valence-corrected chi connectivity index (χ1v) is 9.29. The third kappa shape index (κ3) is 6.11. The Labute approximate surface area is 173 Å². The zero-order valence-corrected chi connectivity index (χ0v) is 17.5. The van der Waals surface area contributed by atoms with Gasteiger partial charge in [-0.1, -0.05) is 46.9 Å². The van der Waals surface area contributed by atoms with Crippen molar-refractivity contribution in [1.82, 2.24) is 4.90 Å². The van der Waals surface area contributed by atoms with Crippen LogP contribution in [0.3, 0.4) is 0 Å². The first-order valence-electron chi connectivity index (χ1n) is 8.16. The van der Waals surface area contributed by atoms with Crippen LogP contribution in [0.15, 0.2) is 30.3 Å². The fourth-order valence-electron chi connectivity index (χ4n) is 2.46. The van der Waals surface area contributed by atoms with Crippen LogP contribution in [0.2, 0.25) is 15.1 Å². The maximum Gasteiger partial charge on any atom is 0.238 e. The van der Waals surface area contributed by atoms with E-state index in [4.69, 9.17) is 34.8 Å². The van der Waals surface area contributed by atoms with E-state index in [1.165, 1.54) is 12.1 Å². The van der Waals surface area contributed by atoms with Crippen molar-refractivity contribution in [2.45, 2.75) is 13.8 Å². The van der Waals surface area contributed by atoms with Crippen LogP contribution in [0, 0.1) is 13.8 Å². The highest BCUT2D eigenvalue weighted by molar-refractivity contribution is 6.42. The van der Waals surface area contributed by atoms with E-state index in [9.17, 15) is 9.59 Å². The van der Waals surface area contributed by atoms with Gasteiger partial charge in [0.2, 0.25) is 11.8 Å². The molecule has 2 amide bonds. The summed E-state index contributed by atoms with van der Waals surface area (Å²) in [6, 6.07) is 8.69. The summed E-state index contributed by atoms with van der Waals surface area (Å²) in [7, 11) is 1.67. The highest BCUT2D eigenvalue weighted by Gasteiger charge is 2.15. The molecule has 5 nitrogen and oxygen atoms in total.